The third-order valence-electron chi connectivity index (χ3n) is 5.27. The number of imidazole rings is 1. The third-order valence-corrected chi connectivity index (χ3v) is 5.27. The van der Waals surface area contributed by atoms with Gasteiger partial charge in [0.05, 0.1) is 0 Å². The van der Waals surface area contributed by atoms with Gasteiger partial charge in [0.2, 0.25) is 0 Å². The van der Waals surface area contributed by atoms with Crippen LogP contribution < -0.4 is 5.32 Å². The van der Waals surface area contributed by atoms with Crippen LogP contribution in [0, 0.1) is 11.8 Å². The molecule has 1 N–H and O–H groups in total. The van der Waals surface area contributed by atoms with Crippen molar-refractivity contribution in [1.29, 1.82) is 0 Å². The van der Waals surface area contributed by atoms with E-state index in [2.05, 4.69) is 45.2 Å². The van der Waals surface area contributed by atoms with Crippen LogP contribution in [-0.2, 0) is 6.54 Å². The molecule has 0 aliphatic heterocycles. The number of halogens is 1. The lowest BCUT2D eigenvalue weighted by Crippen LogP contribution is -2.41. The van der Waals surface area contributed by atoms with E-state index < -0.39 is 0 Å². The number of nitrogens with one attached hydrogen (secondary N) is 1. The number of pyridine rings is 1. The molecule has 2 aromatic heterocycles. The fourth-order valence-corrected chi connectivity index (χ4v) is 3.66. The third kappa shape index (κ3) is 6.19. The first-order valence-corrected chi connectivity index (χ1v) is 9.50. The summed E-state index contributed by atoms with van der Waals surface area (Å²) in [5, 5.41) is 3.48. The van der Waals surface area contributed by atoms with Gasteiger partial charge in [-0.25, -0.2) is 9.97 Å². The van der Waals surface area contributed by atoms with Crippen LogP contribution in [0.5, 0.6) is 0 Å². The Kier molecular flexibility index (Phi) is 8.53. The Bertz CT molecular complexity index is 707. The highest BCUT2D eigenvalue weighted by molar-refractivity contribution is 14.0. The standard InChI is InChI=1S/C20H30N6.HI/c1-16-4-6-17(7-5-16)14-25(3)20(21-2)24-13-18-8-9-23-19(12-18)26-11-10-22-15-26;/h8-12,15-17H,4-7,13-14H2,1-3H3,(H,21,24);1H. The largest absolute Gasteiger partial charge is 0.352 e. The number of aliphatic imine (C=N–C) groups is 1. The predicted octanol–water partition coefficient (Wildman–Crippen LogP) is 3.72. The maximum atomic E-state index is 4.46. The van der Waals surface area contributed by atoms with Crippen LogP contribution in [-0.4, -0.2) is 46.0 Å². The maximum Gasteiger partial charge on any atom is 0.193 e. The molecule has 6 nitrogen and oxygen atoms in total. The molecule has 148 valence electrons. The number of nitrogens with zero attached hydrogens (tertiary/aromatic N) is 5. The van der Waals surface area contributed by atoms with Gasteiger partial charge in [-0.1, -0.05) is 19.8 Å². The fourth-order valence-electron chi connectivity index (χ4n) is 3.66. The highest BCUT2D eigenvalue weighted by atomic mass is 127. The molecule has 1 aliphatic rings. The van der Waals surface area contributed by atoms with E-state index in [9.17, 15) is 0 Å². The van der Waals surface area contributed by atoms with Gasteiger partial charge in [-0.3, -0.25) is 9.56 Å². The molecule has 0 bridgehead atoms. The van der Waals surface area contributed by atoms with Gasteiger partial charge in [0.1, 0.15) is 12.1 Å². The van der Waals surface area contributed by atoms with E-state index in [1.165, 1.54) is 31.2 Å². The summed E-state index contributed by atoms with van der Waals surface area (Å²) in [7, 11) is 3.99. The highest BCUT2D eigenvalue weighted by Crippen LogP contribution is 2.28. The Hall–Kier alpha value is -1.64. The topological polar surface area (TPSA) is 58.3 Å². The molecule has 1 fully saturated rings. The Labute approximate surface area is 179 Å². The quantitative estimate of drug-likeness (QED) is 0.401. The molecule has 0 spiro atoms. The van der Waals surface area contributed by atoms with Crippen LogP contribution in [0.1, 0.15) is 38.2 Å². The van der Waals surface area contributed by atoms with Crippen LogP contribution in [0.25, 0.3) is 5.82 Å². The molecule has 2 heterocycles. The van der Waals surface area contributed by atoms with Crippen molar-refractivity contribution in [2.24, 2.45) is 16.8 Å². The predicted molar refractivity (Wildman–Crippen MR) is 121 cm³/mol. The van der Waals surface area contributed by atoms with E-state index in [0.29, 0.717) is 0 Å². The van der Waals surface area contributed by atoms with E-state index in [-0.39, 0.29) is 24.0 Å². The second-order valence-electron chi connectivity index (χ2n) is 7.40. The second-order valence-corrected chi connectivity index (χ2v) is 7.40. The summed E-state index contributed by atoms with van der Waals surface area (Å²) in [4.78, 5) is 15.2. The number of guanidine groups is 1. The highest BCUT2D eigenvalue weighted by Gasteiger charge is 2.20. The Balaban J connectivity index is 0.00000261. The summed E-state index contributed by atoms with van der Waals surface area (Å²) in [5.74, 6) is 3.50. The van der Waals surface area contributed by atoms with E-state index >= 15 is 0 Å². The second kappa shape index (κ2) is 10.6. The summed E-state index contributed by atoms with van der Waals surface area (Å²) in [6, 6.07) is 4.10. The first-order chi connectivity index (χ1) is 12.7. The van der Waals surface area contributed by atoms with Gasteiger partial charge in [0, 0.05) is 45.8 Å². The van der Waals surface area contributed by atoms with Crippen molar-refractivity contribution in [3.63, 3.8) is 0 Å². The summed E-state index contributed by atoms with van der Waals surface area (Å²) < 4.78 is 1.91. The average molecular weight is 482 g/mol. The molecule has 0 aromatic carbocycles. The van der Waals surface area contributed by atoms with Gasteiger partial charge in [0.25, 0.3) is 0 Å². The van der Waals surface area contributed by atoms with Gasteiger partial charge in [-0.2, -0.15) is 0 Å². The van der Waals surface area contributed by atoms with Crippen molar-refractivity contribution in [3.8, 4) is 5.82 Å². The van der Waals surface area contributed by atoms with Crippen molar-refractivity contribution in [2.75, 3.05) is 20.6 Å². The fraction of sp³-hybridized carbons (Fsp3) is 0.550. The van der Waals surface area contributed by atoms with Crippen LogP contribution >= 0.6 is 24.0 Å². The maximum absolute atomic E-state index is 4.46. The lowest BCUT2D eigenvalue weighted by atomic mass is 9.83. The number of rotatable bonds is 5. The number of hydrogen-bond acceptors (Lipinski definition) is 3. The van der Waals surface area contributed by atoms with Crippen LogP contribution in [0.4, 0.5) is 0 Å². The zero-order valence-electron chi connectivity index (χ0n) is 16.5. The average Bonchev–Trinajstić information content (AvgIpc) is 3.19. The van der Waals surface area contributed by atoms with Crippen molar-refractivity contribution in [3.05, 3.63) is 42.6 Å². The monoisotopic (exact) mass is 482 g/mol. The van der Waals surface area contributed by atoms with Gasteiger partial charge in [-0.15, -0.1) is 24.0 Å². The molecule has 0 saturated heterocycles. The summed E-state index contributed by atoms with van der Waals surface area (Å²) in [5.41, 5.74) is 1.17. The van der Waals surface area contributed by atoms with Gasteiger partial charge in [0.15, 0.2) is 5.96 Å². The van der Waals surface area contributed by atoms with E-state index in [4.69, 9.17) is 0 Å². The molecule has 0 atom stereocenters. The summed E-state index contributed by atoms with van der Waals surface area (Å²) >= 11 is 0. The molecule has 0 radical (unpaired) electrons. The molecule has 2 aromatic rings. The van der Waals surface area contributed by atoms with Gasteiger partial charge < -0.3 is 10.2 Å². The van der Waals surface area contributed by atoms with E-state index in [1.807, 2.05) is 30.1 Å². The minimum absolute atomic E-state index is 0. The smallest absolute Gasteiger partial charge is 0.193 e. The molecule has 7 heteroatoms. The molecular formula is C20H31IN6. The molecule has 27 heavy (non-hydrogen) atoms. The first-order valence-electron chi connectivity index (χ1n) is 9.50. The molecule has 0 amide bonds. The van der Waals surface area contributed by atoms with E-state index in [0.717, 1.165) is 36.7 Å². The van der Waals surface area contributed by atoms with Crippen molar-refractivity contribution < 1.29 is 0 Å². The Morgan fingerprint density at radius 2 is 2.07 bits per heavy atom. The minimum atomic E-state index is 0. The lowest BCUT2D eigenvalue weighted by molar-refractivity contribution is 0.250. The first kappa shape index (κ1) is 21.7. The zero-order chi connectivity index (χ0) is 18.4. The SMILES string of the molecule is CN=C(NCc1ccnc(-n2ccnc2)c1)N(C)CC1CCC(C)CC1.I. The van der Waals surface area contributed by atoms with Crippen molar-refractivity contribution in [2.45, 2.75) is 39.2 Å². The Morgan fingerprint density at radius 1 is 1.30 bits per heavy atom. The van der Waals surface area contributed by atoms with Crippen LogP contribution in [0.3, 0.4) is 0 Å². The molecular weight excluding hydrogens is 451 g/mol. The molecule has 1 aliphatic carbocycles. The molecule has 3 rings (SSSR count). The van der Waals surface area contributed by atoms with Gasteiger partial charge in [-0.05, 0) is 42.4 Å². The van der Waals surface area contributed by atoms with Gasteiger partial charge >= 0.3 is 0 Å². The van der Waals surface area contributed by atoms with E-state index in [1.54, 1.807) is 12.5 Å². The van der Waals surface area contributed by atoms with Crippen LogP contribution in [0.2, 0.25) is 0 Å². The molecule has 0 unspecified atom stereocenters. The Morgan fingerprint density at radius 3 is 2.74 bits per heavy atom. The number of hydrogen-bond donors (Lipinski definition) is 1. The summed E-state index contributed by atoms with van der Waals surface area (Å²) in [6.07, 6.45) is 12.6. The van der Waals surface area contributed by atoms with Crippen LogP contribution in [0.15, 0.2) is 42.0 Å². The number of aromatic nitrogens is 3. The van der Waals surface area contributed by atoms with Crippen molar-refractivity contribution in [1.82, 2.24) is 24.8 Å². The minimum Gasteiger partial charge on any atom is -0.352 e. The lowest BCUT2D eigenvalue weighted by Gasteiger charge is -2.31. The normalized spacial score (nSPS) is 20.0. The molecule has 1 saturated carbocycles. The van der Waals surface area contributed by atoms with Crippen molar-refractivity contribution >= 4 is 29.9 Å². The summed E-state index contributed by atoms with van der Waals surface area (Å²) in [6.45, 7) is 4.17. The zero-order valence-corrected chi connectivity index (χ0v) is 18.8.